The third-order valence-corrected chi connectivity index (χ3v) is 4.84. The van der Waals surface area contributed by atoms with Crippen molar-refractivity contribution in [3.8, 4) is 11.5 Å². The van der Waals surface area contributed by atoms with Gasteiger partial charge in [-0.1, -0.05) is 30.3 Å². The van der Waals surface area contributed by atoms with Crippen molar-refractivity contribution in [3.63, 3.8) is 0 Å². The van der Waals surface area contributed by atoms with Crippen molar-refractivity contribution in [2.75, 3.05) is 39.9 Å². The number of ether oxygens (including phenoxy) is 2. The van der Waals surface area contributed by atoms with Gasteiger partial charge >= 0.3 is 0 Å². The second kappa shape index (κ2) is 9.97. The quantitative estimate of drug-likeness (QED) is 0.671. The van der Waals surface area contributed by atoms with E-state index >= 15 is 0 Å². The largest absolute Gasteiger partial charge is 0.497 e. The Balaban J connectivity index is 1.33. The molecular weight excluding hydrogens is 340 g/mol. The molecule has 5 heteroatoms. The molecular formula is C22H28N2O3. The molecule has 0 N–H and O–H groups in total. The van der Waals surface area contributed by atoms with Crippen LogP contribution in [0, 0.1) is 0 Å². The smallest absolute Gasteiger partial charge is 0.222 e. The SMILES string of the molecule is COc1ccc(CN2CCN(C(=O)CCCOc3ccccc3)CC2)cc1. The lowest BCUT2D eigenvalue weighted by Gasteiger charge is -2.34. The van der Waals surface area contributed by atoms with Crippen LogP contribution in [0.25, 0.3) is 0 Å². The Morgan fingerprint density at radius 3 is 2.30 bits per heavy atom. The molecule has 3 rings (SSSR count). The van der Waals surface area contributed by atoms with Crippen LogP contribution in [0.2, 0.25) is 0 Å². The van der Waals surface area contributed by atoms with Gasteiger partial charge in [0.2, 0.25) is 5.91 Å². The standard InChI is InChI=1S/C22H28N2O3/c1-26-20-11-9-19(10-12-20)18-23-13-15-24(16-14-23)22(25)8-5-17-27-21-6-3-2-4-7-21/h2-4,6-7,9-12H,5,8,13-18H2,1H3. The van der Waals surface area contributed by atoms with Gasteiger partial charge in [0.05, 0.1) is 13.7 Å². The van der Waals surface area contributed by atoms with E-state index in [1.54, 1.807) is 7.11 Å². The number of amides is 1. The minimum Gasteiger partial charge on any atom is -0.497 e. The molecule has 1 amide bonds. The number of para-hydroxylation sites is 1. The zero-order valence-corrected chi connectivity index (χ0v) is 16.0. The Labute approximate surface area is 161 Å². The summed E-state index contributed by atoms with van der Waals surface area (Å²) < 4.78 is 10.9. The molecule has 1 saturated heterocycles. The average molecular weight is 368 g/mol. The lowest BCUT2D eigenvalue weighted by Crippen LogP contribution is -2.48. The van der Waals surface area contributed by atoms with Crippen LogP contribution in [-0.4, -0.2) is 55.6 Å². The fraction of sp³-hybridized carbons (Fsp3) is 0.409. The van der Waals surface area contributed by atoms with Crippen molar-refractivity contribution in [1.29, 1.82) is 0 Å². The highest BCUT2D eigenvalue weighted by Gasteiger charge is 2.20. The molecule has 0 spiro atoms. The molecule has 0 aliphatic carbocycles. The molecule has 1 aliphatic heterocycles. The predicted molar refractivity (Wildman–Crippen MR) is 106 cm³/mol. The summed E-state index contributed by atoms with van der Waals surface area (Å²) in [6, 6.07) is 17.9. The average Bonchev–Trinajstić information content (AvgIpc) is 2.73. The van der Waals surface area contributed by atoms with Crippen LogP contribution in [-0.2, 0) is 11.3 Å². The highest BCUT2D eigenvalue weighted by atomic mass is 16.5. The zero-order chi connectivity index (χ0) is 18.9. The first-order valence-corrected chi connectivity index (χ1v) is 9.55. The molecule has 1 heterocycles. The molecule has 0 saturated carbocycles. The van der Waals surface area contributed by atoms with Gasteiger partial charge in [-0.05, 0) is 36.2 Å². The summed E-state index contributed by atoms with van der Waals surface area (Å²) in [5, 5.41) is 0. The van der Waals surface area contributed by atoms with E-state index < -0.39 is 0 Å². The molecule has 2 aromatic carbocycles. The monoisotopic (exact) mass is 368 g/mol. The number of nitrogens with zero attached hydrogens (tertiary/aromatic N) is 2. The Morgan fingerprint density at radius 1 is 0.926 bits per heavy atom. The molecule has 1 fully saturated rings. The summed E-state index contributed by atoms with van der Waals surface area (Å²) in [4.78, 5) is 16.8. The second-order valence-corrected chi connectivity index (χ2v) is 6.77. The number of carbonyl (C=O) groups is 1. The fourth-order valence-corrected chi connectivity index (χ4v) is 3.23. The van der Waals surface area contributed by atoms with Crippen molar-refractivity contribution < 1.29 is 14.3 Å². The lowest BCUT2D eigenvalue weighted by atomic mass is 10.2. The highest BCUT2D eigenvalue weighted by Crippen LogP contribution is 2.15. The Hall–Kier alpha value is -2.53. The van der Waals surface area contributed by atoms with Crippen molar-refractivity contribution in [2.24, 2.45) is 0 Å². The number of hydrogen-bond donors (Lipinski definition) is 0. The Kier molecular flexibility index (Phi) is 7.11. The molecule has 0 radical (unpaired) electrons. The van der Waals surface area contributed by atoms with Gasteiger partial charge in [0, 0.05) is 39.1 Å². The van der Waals surface area contributed by atoms with Gasteiger partial charge in [-0.25, -0.2) is 0 Å². The normalized spacial score (nSPS) is 14.8. The molecule has 0 bridgehead atoms. The number of piperazine rings is 1. The topological polar surface area (TPSA) is 42.0 Å². The maximum atomic E-state index is 12.4. The van der Waals surface area contributed by atoms with Crippen molar-refractivity contribution >= 4 is 5.91 Å². The molecule has 0 atom stereocenters. The number of carbonyl (C=O) groups excluding carboxylic acids is 1. The van der Waals surface area contributed by atoms with Crippen LogP contribution >= 0.6 is 0 Å². The van der Waals surface area contributed by atoms with Crippen LogP contribution in [0.3, 0.4) is 0 Å². The number of methoxy groups -OCH3 is 1. The maximum absolute atomic E-state index is 12.4. The van der Waals surface area contributed by atoms with E-state index in [2.05, 4.69) is 17.0 Å². The molecule has 1 aliphatic rings. The third kappa shape index (κ3) is 6.00. The molecule has 5 nitrogen and oxygen atoms in total. The minimum absolute atomic E-state index is 0.232. The van der Waals surface area contributed by atoms with E-state index in [1.165, 1.54) is 5.56 Å². The molecule has 0 aromatic heterocycles. The first-order valence-electron chi connectivity index (χ1n) is 9.55. The summed E-state index contributed by atoms with van der Waals surface area (Å²) >= 11 is 0. The van der Waals surface area contributed by atoms with Crippen LogP contribution in [0.4, 0.5) is 0 Å². The van der Waals surface area contributed by atoms with Crippen LogP contribution in [0.1, 0.15) is 18.4 Å². The zero-order valence-electron chi connectivity index (χ0n) is 16.0. The van der Waals surface area contributed by atoms with E-state index in [0.29, 0.717) is 13.0 Å². The first-order chi connectivity index (χ1) is 13.2. The van der Waals surface area contributed by atoms with Crippen molar-refractivity contribution in [3.05, 3.63) is 60.2 Å². The van der Waals surface area contributed by atoms with Crippen molar-refractivity contribution in [1.82, 2.24) is 9.80 Å². The Bertz CT molecular complexity index is 695. The number of rotatable bonds is 8. The second-order valence-electron chi connectivity index (χ2n) is 6.77. The van der Waals surface area contributed by atoms with Crippen LogP contribution in [0.5, 0.6) is 11.5 Å². The number of benzene rings is 2. The highest BCUT2D eigenvalue weighted by molar-refractivity contribution is 5.76. The minimum atomic E-state index is 0.232. The fourth-order valence-electron chi connectivity index (χ4n) is 3.23. The summed E-state index contributed by atoms with van der Waals surface area (Å²) in [6.45, 7) is 4.92. The van der Waals surface area contributed by atoms with Gasteiger partial charge in [-0.3, -0.25) is 9.69 Å². The van der Waals surface area contributed by atoms with E-state index in [9.17, 15) is 4.79 Å². The van der Waals surface area contributed by atoms with Gasteiger partial charge in [0.15, 0.2) is 0 Å². The van der Waals surface area contributed by atoms with Gasteiger partial charge in [0.1, 0.15) is 11.5 Å². The molecule has 0 unspecified atom stereocenters. The summed E-state index contributed by atoms with van der Waals surface area (Å²) in [7, 11) is 1.68. The van der Waals surface area contributed by atoms with Gasteiger partial charge < -0.3 is 14.4 Å². The summed E-state index contributed by atoms with van der Waals surface area (Å²) in [5.41, 5.74) is 1.27. The van der Waals surface area contributed by atoms with Gasteiger partial charge in [0.25, 0.3) is 0 Å². The Morgan fingerprint density at radius 2 is 1.63 bits per heavy atom. The van der Waals surface area contributed by atoms with Gasteiger partial charge in [-0.15, -0.1) is 0 Å². The molecule has 144 valence electrons. The van der Waals surface area contributed by atoms with E-state index in [0.717, 1.165) is 50.6 Å². The number of hydrogen-bond acceptors (Lipinski definition) is 4. The van der Waals surface area contributed by atoms with Crippen LogP contribution < -0.4 is 9.47 Å². The third-order valence-electron chi connectivity index (χ3n) is 4.84. The first kappa shape index (κ1) is 19.2. The lowest BCUT2D eigenvalue weighted by molar-refractivity contribution is -0.133. The molecule has 2 aromatic rings. The van der Waals surface area contributed by atoms with E-state index in [-0.39, 0.29) is 5.91 Å². The summed E-state index contributed by atoms with van der Waals surface area (Å²) in [6.07, 6.45) is 1.30. The van der Waals surface area contributed by atoms with Crippen molar-refractivity contribution in [2.45, 2.75) is 19.4 Å². The van der Waals surface area contributed by atoms with E-state index in [4.69, 9.17) is 9.47 Å². The summed E-state index contributed by atoms with van der Waals surface area (Å²) in [5.74, 6) is 1.97. The molecule has 27 heavy (non-hydrogen) atoms. The predicted octanol–water partition coefficient (Wildman–Crippen LogP) is 3.20. The van der Waals surface area contributed by atoms with E-state index in [1.807, 2.05) is 47.4 Å². The van der Waals surface area contributed by atoms with Crippen LogP contribution in [0.15, 0.2) is 54.6 Å². The maximum Gasteiger partial charge on any atom is 0.222 e. The van der Waals surface area contributed by atoms with Gasteiger partial charge in [-0.2, -0.15) is 0 Å².